The molecule has 2 aromatic carbocycles. The Hall–Kier alpha value is -2.18. The normalized spacial score (nSPS) is 11.5. The molecule has 0 radical (unpaired) electrons. The molecule has 0 atom stereocenters. The Bertz CT molecular complexity index is 771. The fourth-order valence-corrected chi connectivity index (χ4v) is 3.19. The van der Waals surface area contributed by atoms with Gasteiger partial charge in [0, 0.05) is 19.8 Å². The number of likely N-dealkylation sites (N-methyl/N-ethyl adjacent to an activating group) is 2. The minimum absolute atomic E-state index is 0.181. The highest BCUT2D eigenvalue weighted by molar-refractivity contribution is 7.89. The number of carbonyl (C=O) groups excluding carboxylic acids is 1. The molecule has 23 heavy (non-hydrogen) atoms. The number of rotatable bonds is 5. The van der Waals surface area contributed by atoms with Gasteiger partial charge < -0.3 is 4.90 Å². The molecule has 6 heteroatoms. The lowest BCUT2D eigenvalue weighted by molar-refractivity contribution is -0.118. The van der Waals surface area contributed by atoms with Crippen LogP contribution in [0, 0.1) is 6.92 Å². The number of aryl methyl sites for hydroxylation is 1. The highest BCUT2D eigenvalue weighted by Gasteiger charge is 2.24. The molecule has 0 aliphatic carbocycles. The van der Waals surface area contributed by atoms with Gasteiger partial charge in [0.1, 0.15) is 0 Å². The molecule has 0 aliphatic rings. The average Bonchev–Trinajstić information content (AvgIpc) is 2.55. The topological polar surface area (TPSA) is 57.7 Å². The van der Waals surface area contributed by atoms with Crippen LogP contribution in [0.2, 0.25) is 0 Å². The molecule has 2 rings (SSSR count). The van der Waals surface area contributed by atoms with E-state index in [1.165, 1.54) is 11.9 Å². The predicted octanol–water partition coefficient (Wildman–Crippen LogP) is 2.28. The van der Waals surface area contributed by atoms with E-state index in [1.807, 2.05) is 25.1 Å². The minimum atomic E-state index is -3.68. The van der Waals surface area contributed by atoms with E-state index in [-0.39, 0.29) is 17.3 Å². The van der Waals surface area contributed by atoms with E-state index >= 15 is 0 Å². The molecule has 0 aliphatic heterocycles. The number of hydrogen-bond acceptors (Lipinski definition) is 3. The highest BCUT2D eigenvalue weighted by Crippen LogP contribution is 2.16. The summed E-state index contributed by atoms with van der Waals surface area (Å²) >= 11 is 0. The van der Waals surface area contributed by atoms with Gasteiger partial charge in [-0.15, -0.1) is 0 Å². The van der Waals surface area contributed by atoms with Crippen LogP contribution >= 0.6 is 0 Å². The van der Waals surface area contributed by atoms with Crippen molar-refractivity contribution in [2.45, 2.75) is 11.8 Å². The average molecular weight is 332 g/mol. The largest absolute Gasteiger partial charge is 0.314 e. The van der Waals surface area contributed by atoms with Crippen LogP contribution in [-0.4, -0.2) is 39.3 Å². The van der Waals surface area contributed by atoms with Crippen LogP contribution in [0.1, 0.15) is 5.56 Å². The van der Waals surface area contributed by atoms with Crippen molar-refractivity contribution < 1.29 is 13.2 Å². The molecule has 5 nitrogen and oxygen atoms in total. The Morgan fingerprint density at radius 1 is 0.957 bits per heavy atom. The maximum atomic E-state index is 12.5. The molecular weight excluding hydrogens is 312 g/mol. The first-order valence-corrected chi connectivity index (χ1v) is 8.61. The van der Waals surface area contributed by atoms with E-state index < -0.39 is 10.0 Å². The van der Waals surface area contributed by atoms with Gasteiger partial charge in [0.05, 0.1) is 11.4 Å². The van der Waals surface area contributed by atoms with Crippen molar-refractivity contribution in [3.05, 3.63) is 60.2 Å². The van der Waals surface area contributed by atoms with E-state index in [9.17, 15) is 13.2 Å². The van der Waals surface area contributed by atoms with E-state index in [4.69, 9.17) is 0 Å². The third-order valence-electron chi connectivity index (χ3n) is 3.60. The number of carbonyl (C=O) groups is 1. The van der Waals surface area contributed by atoms with Crippen LogP contribution in [0.4, 0.5) is 5.69 Å². The van der Waals surface area contributed by atoms with Gasteiger partial charge in [-0.25, -0.2) is 8.42 Å². The molecule has 0 bridgehead atoms. The smallest absolute Gasteiger partial charge is 0.243 e. The quantitative estimate of drug-likeness (QED) is 0.844. The molecule has 0 aromatic heterocycles. The number of para-hydroxylation sites is 1. The zero-order chi connectivity index (χ0) is 17.0. The van der Waals surface area contributed by atoms with Crippen molar-refractivity contribution in [1.29, 1.82) is 0 Å². The maximum absolute atomic E-state index is 12.5. The molecule has 0 saturated carbocycles. The molecule has 2 aromatic rings. The summed E-state index contributed by atoms with van der Waals surface area (Å²) in [4.78, 5) is 13.9. The molecule has 1 amide bonds. The molecule has 0 heterocycles. The Morgan fingerprint density at radius 3 is 2.09 bits per heavy atom. The van der Waals surface area contributed by atoms with Gasteiger partial charge >= 0.3 is 0 Å². The number of benzene rings is 2. The number of anilines is 1. The number of sulfonamides is 1. The first-order chi connectivity index (χ1) is 10.8. The SMILES string of the molecule is Cc1ccc(S(=O)(=O)N(C)CC(=O)N(C)c2ccccc2)cc1. The molecular formula is C17H20N2O3S. The number of hydrogen-bond donors (Lipinski definition) is 0. The summed E-state index contributed by atoms with van der Waals surface area (Å²) in [5.74, 6) is -0.297. The predicted molar refractivity (Wildman–Crippen MR) is 90.8 cm³/mol. The monoisotopic (exact) mass is 332 g/mol. The van der Waals surface area contributed by atoms with Gasteiger partial charge in [0.25, 0.3) is 0 Å². The van der Waals surface area contributed by atoms with Crippen molar-refractivity contribution in [2.75, 3.05) is 25.5 Å². The van der Waals surface area contributed by atoms with Crippen LogP contribution in [0.5, 0.6) is 0 Å². The van der Waals surface area contributed by atoms with Crippen molar-refractivity contribution >= 4 is 21.6 Å². The highest BCUT2D eigenvalue weighted by atomic mass is 32.2. The third-order valence-corrected chi connectivity index (χ3v) is 5.42. The number of amides is 1. The summed E-state index contributed by atoms with van der Waals surface area (Å²) in [6.07, 6.45) is 0. The van der Waals surface area contributed by atoms with Gasteiger partial charge in [-0.2, -0.15) is 4.31 Å². The molecule has 0 saturated heterocycles. The minimum Gasteiger partial charge on any atom is -0.314 e. The van der Waals surface area contributed by atoms with Gasteiger partial charge in [-0.1, -0.05) is 35.9 Å². The summed E-state index contributed by atoms with van der Waals surface area (Å²) in [6.45, 7) is 1.67. The van der Waals surface area contributed by atoms with E-state index in [2.05, 4.69) is 0 Å². The Balaban J connectivity index is 2.13. The van der Waals surface area contributed by atoms with E-state index in [0.717, 1.165) is 15.6 Å². The van der Waals surface area contributed by atoms with Crippen LogP contribution in [0.3, 0.4) is 0 Å². The third kappa shape index (κ3) is 3.97. The second-order valence-corrected chi connectivity index (χ2v) is 7.41. The van der Waals surface area contributed by atoms with Crippen molar-refractivity contribution in [3.63, 3.8) is 0 Å². The first kappa shape index (κ1) is 17.2. The van der Waals surface area contributed by atoms with E-state index in [0.29, 0.717) is 0 Å². The molecule has 0 fully saturated rings. The standard InChI is InChI=1S/C17H20N2O3S/c1-14-9-11-16(12-10-14)23(21,22)18(2)13-17(20)19(3)15-7-5-4-6-8-15/h4-12H,13H2,1-3H3. The summed E-state index contributed by atoms with van der Waals surface area (Å²) in [5.41, 5.74) is 1.70. The summed E-state index contributed by atoms with van der Waals surface area (Å²) < 4.78 is 26.1. The van der Waals surface area contributed by atoms with Gasteiger partial charge in [-0.3, -0.25) is 4.79 Å². The first-order valence-electron chi connectivity index (χ1n) is 7.17. The van der Waals surface area contributed by atoms with Crippen LogP contribution < -0.4 is 4.90 Å². The summed E-state index contributed by atoms with van der Waals surface area (Å²) in [5, 5.41) is 0. The van der Waals surface area contributed by atoms with Gasteiger partial charge in [0.15, 0.2) is 0 Å². The van der Waals surface area contributed by atoms with Crippen LogP contribution in [0.15, 0.2) is 59.5 Å². The Labute approximate surface area is 137 Å². The second-order valence-electron chi connectivity index (χ2n) is 5.36. The zero-order valence-electron chi connectivity index (χ0n) is 13.4. The van der Waals surface area contributed by atoms with Crippen molar-refractivity contribution in [3.8, 4) is 0 Å². The summed E-state index contributed by atoms with van der Waals surface area (Å²) in [7, 11) is -0.643. The Kier molecular flexibility index (Phi) is 5.18. The fourth-order valence-electron chi connectivity index (χ4n) is 2.07. The van der Waals surface area contributed by atoms with Crippen molar-refractivity contribution in [1.82, 2.24) is 4.31 Å². The van der Waals surface area contributed by atoms with Crippen molar-refractivity contribution in [2.24, 2.45) is 0 Å². The molecule has 0 N–H and O–H groups in total. The van der Waals surface area contributed by atoms with E-state index in [1.54, 1.807) is 43.4 Å². The Morgan fingerprint density at radius 2 is 1.52 bits per heavy atom. The van der Waals surface area contributed by atoms with Gasteiger partial charge in [-0.05, 0) is 31.2 Å². The lowest BCUT2D eigenvalue weighted by Gasteiger charge is -2.22. The maximum Gasteiger partial charge on any atom is 0.243 e. The zero-order valence-corrected chi connectivity index (χ0v) is 14.2. The second kappa shape index (κ2) is 6.93. The molecule has 0 spiro atoms. The van der Waals surface area contributed by atoms with Gasteiger partial charge in [0.2, 0.25) is 15.9 Å². The fraction of sp³-hybridized carbons (Fsp3) is 0.235. The lowest BCUT2D eigenvalue weighted by atomic mass is 10.2. The molecule has 0 unspecified atom stereocenters. The molecule has 122 valence electrons. The number of nitrogens with zero attached hydrogens (tertiary/aromatic N) is 2. The van der Waals surface area contributed by atoms with Crippen LogP contribution in [0.25, 0.3) is 0 Å². The lowest BCUT2D eigenvalue weighted by Crippen LogP contribution is -2.39. The summed E-state index contributed by atoms with van der Waals surface area (Å²) in [6, 6.07) is 15.7. The van der Waals surface area contributed by atoms with Crippen LogP contribution in [-0.2, 0) is 14.8 Å².